The van der Waals surface area contributed by atoms with E-state index in [9.17, 15) is 5.11 Å². The Hall–Kier alpha value is -8.72. The van der Waals surface area contributed by atoms with Crippen LogP contribution in [0.3, 0.4) is 0 Å². The summed E-state index contributed by atoms with van der Waals surface area (Å²) in [5.41, 5.74) is 8.54. The molecule has 10 atom stereocenters. The zero-order valence-electron chi connectivity index (χ0n) is 57.1. The maximum Gasteiger partial charge on any atom is 0.202 e. The lowest BCUT2D eigenvalue weighted by molar-refractivity contribution is -0.165. The molecule has 100 heavy (non-hydrogen) atoms. The van der Waals surface area contributed by atoms with Crippen molar-refractivity contribution in [3.05, 3.63) is 264 Å². The fraction of sp³-hybridized carbons (Fsp3) is 0.373. The van der Waals surface area contributed by atoms with Gasteiger partial charge in [-0.1, -0.05) is 109 Å². The van der Waals surface area contributed by atoms with Crippen molar-refractivity contribution in [2.75, 3.05) is 106 Å². The molecule has 0 spiro atoms. The third-order valence-corrected chi connectivity index (χ3v) is 17.8. The second-order valence-electron chi connectivity index (χ2n) is 25.1. The number of benzene rings is 8. The molecule has 0 bridgehead atoms. The molecule has 526 valence electrons. The van der Waals surface area contributed by atoms with Crippen LogP contribution in [0.2, 0.25) is 0 Å². The lowest BCUT2D eigenvalue weighted by Crippen LogP contribution is -2.32. The van der Waals surface area contributed by atoms with E-state index in [4.69, 9.17) is 75.8 Å². The van der Waals surface area contributed by atoms with Crippen molar-refractivity contribution in [3.63, 3.8) is 0 Å². The van der Waals surface area contributed by atoms with Crippen LogP contribution >= 0.6 is 0 Å². The summed E-state index contributed by atoms with van der Waals surface area (Å²) < 4.78 is 95.2. The Morgan fingerprint density at radius 2 is 0.610 bits per heavy atom. The zero-order valence-corrected chi connectivity index (χ0v) is 57.1. The first-order valence-electron chi connectivity index (χ1n) is 34.9. The first kappa shape index (κ1) is 71.1. The van der Waals surface area contributed by atoms with Gasteiger partial charge < -0.3 is 80.9 Å². The van der Waals surface area contributed by atoms with Gasteiger partial charge >= 0.3 is 0 Å². The normalized spacial score (nSPS) is 18.8. The second-order valence-corrected chi connectivity index (χ2v) is 25.1. The van der Waals surface area contributed by atoms with Gasteiger partial charge in [-0.2, -0.15) is 0 Å². The Kier molecular flexibility index (Phi) is 26.0. The van der Waals surface area contributed by atoms with E-state index in [2.05, 4.69) is 110 Å². The van der Waals surface area contributed by atoms with Gasteiger partial charge in [0.05, 0.1) is 52.9 Å². The SMILES string of the molecule is C=CCOC(COCC)COc1ccc(C(c2ccc(OCC(O)COc3ccc(C(c4ccc(OCC(COCC)OCC=C)cc4)C(c4ccc(OCC5CO5)cc4)c4ccc(OC5CCO5)cc4)cc3)cc2)C(c2ccc(OCC3CO3)cc2)c2ccc(OC3CCO3)cc2)cc1. The molecule has 1 N–H and O–H groups in total. The fourth-order valence-corrected chi connectivity index (χ4v) is 12.1. The molecular formula is C83H92O17. The molecule has 8 aromatic carbocycles. The minimum atomic E-state index is -0.959. The average Bonchev–Trinajstić information content (AvgIpc) is 0.890. The molecule has 0 aliphatic carbocycles. The molecule has 4 saturated heterocycles. The van der Waals surface area contributed by atoms with Crippen molar-refractivity contribution >= 4 is 0 Å². The predicted octanol–water partition coefficient (Wildman–Crippen LogP) is 14.2. The Morgan fingerprint density at radius 3 is 0.840 bits per heavy atom. The van der Waals surface area contributed by atoms with E-state index in [1.807, 2.05) is 111 Å². The summed E-state index contributed by atoms with van der Waals surface area (Å²) in [5.74, 6) is 4.85. The van der Waals surface area contributed by atoms with Gasteiger partial charge in [0.15, 0.2) is 0 Å². The van der Waals surface area contributed by atoms with Gasteiger partial charge in [0, 0.05) is 49.7 Å². The van der Waals surface area contributed by atoms with Gasteiger partial charge in [-0.3, -0.25) is 0 Å². The maximum atomic E-state index is 11.5. The number of epoxide rings is 2. The first-order valence-corrected chi connectivity index (χ1v) is 34.9. The Balaban J connectivity index is 0.768. The highest BCUT2D eigenvalue weighted by Crippen LogP contribution is 2.47. The van der Waals surface area contributed by atoms with Crippen molar-refractivity contribution in [2.45, 2.75) is 93.5 Å². The van der Waals surface area contributed by atoms with Crippen LogP contribution in [0.15, 0.2) is 219 Å². The van der Waals surface area contributed by atoms with Crippen molar-refractivity contribution in [3.8, 4) is 46.0 Å². The lowest BCUT2D eigenvalue weighted by Gasteiger charge is -2.30. The molecule has 4 aliphatic heterocycles. The molecule has 0 aromatic heterocycles. The molecule has 12 rings (SSSR count). The molecule has 4 heterocycles. The molecule has 17 heteroatoms. The first-order chi connectivity index (χ1) is 49.2. The maximum absolute atomic E-state index is 11.5. The van der Waals surface area contributed by atoms with Gasteiger partial charge in [0.2, 0.25) is 12.6 Å². The molecule has 8 aromatic rings. The highest BCUT2D eigenvalue weighted by Gasteiger charge is 2.33. The average molecular weight is 1360 g/mol. The minimum absolute atomic E-state index is 0.00913. The standard InChI is InChI=1S/C83H92O17/c1-5-43-87-74(49-85-7-3)51-93-68-29-13-59(14-30-68)80(82(61-17-33-70(34-18-61)95-53-76-55-97-76)63-21-37-72(38-22-63)99-78-41-45-89-78)57-9-25-66(26-10-57)91-47-65(84)48-92-67-27-11-58(12-28-67)81(60-15-31-69(32-16-60)94-52-75(50-86-8-4)88-44-6-2)83(62-19-35-71(36-20-62)96-54-77-56-98-77)64-23-39-73(40-24-64)100-79-42-46-90-79/h5-6,9-40,65,74-84H,1-2,7-8,41-56H2,3-4H3. The van der Waals surface area contributed by atoms with Gasteiger partial charge in [0.1, 0.15) is 116 Å². The number of hydrogen-bond acceptors (Lipinski definition) is 17. The van der Waals surface area contributed by atoms with E-state index in [0.717, 1.165) is 80.3 Å². The summed E-state index contributed by atoms with van der Waals surface area (Å²) in [4.78, 5) is 0. The summed E-state index contributed by atoms with van der Waals surface area (Å²) in [6.45, 7) is 18.7. The van der Waals surface area contributed by atoms with E-state index in [1.165, 1.54) is 0 Å². The van der Waals surface area contributed by atoms with E-state index in [1.54, 1.807) is 12.2 Å². The summed E-state index contributed by atoms with van der Waals surface area (Å²) in [6.07, 6.45) is 3.43. The molecule has 0 amide bonds. The van der Waals surface area contributed by atoms with Crippen LogP contribution in [0.1, 0.15) is 94.9 Å². The highest BCUT2D eigenvalue weighted by atomic mass is 16.7. The van der Waals surface area contributed by atoms with E-state index in [-0.39, 0.29) is 73.9 Å². The van der Waals surface area contributed by atoms with Crippen LogP contribution in [0, 0.1) is 0 Å². The number of rotatable bonds is 44. The zero-order chi connectivity index (χ0) is 68.7. The number of aliphatic hydroxyl groups excluding tert-OH is 1. The van der Waals surface area contributed by atoms with Crippen LogP contribution < -0.4 is 37.9 Å². The van der Waals surface area contributed by atoms with Crippen molar-refractivity contribution in [1.29, 1.82) is 0 Å². The Labute approximate surface area is 587 Å². The van der Waals surface area contributed by atoms with Crippen LogP contribution in [0.4, 0.5) is 0 Å². The molecule has 17 nitrogen and oxygen atoms in total. The Morgan fingerprint density at radius 1 is 0.360 bits per heavy atom. The van der Waals surface area contributed by atoms with Crippen LogP contribution in [0.5, 0.6) is 46.0 Å². The molecule has 0 saturated carbocycles. The van der Waals surface area contributed by atoms with Crippen molar-refractivity contribution < 1.29 is 80.9 Å². The molecule has 4 aliphatic rings. The van der Waals surface area contributed by atoms with Crippen molar-refractivity contribution in [2.24, 2.45) is 0 Å². The van der Waals surface area contributed by atoms with E-state index in [0.29, 0.717) is 115 Å². The topological polar surface area (TPSA) is 175 Å². The van der Waals surface area contributed by atoms with E-state index >= 15 is 0 Å². The fourth-order valence-electron chi connectivity index (χ4n) is 12.1. The van der Waals surface area contributed by atoms with Gasteiger partial charge in [-0.05, 0) is 155 Å². The summed E-state index contributed by atoms with van der Waals surface area (Å²) >= 11 is 0. The molecule has 10 unspecified atom stereocenters. The third-order valence-electron chi connectivity index (χ3n) is 17.8. The monoisotopic (exact) mass is 1360 g/mol. The number of aliphatic hydroxyl groups is 1. The van der Waals surface area contributed by atoms with Gasteiger partial charge in [-0.25, -0.2) is 0 Å². The van der Waals surface area contributed by atoms with Crippen molar-refractivity contribution in [1.82, 2.24) is 0 Å². The molecule has 4 fully saturated rings. The summed E-state index contributed by atoms with van der Waals surface area (Å²) in [5, 5.41) is 11.5. The highest BCUT2D eigenvalue weighted by molar-refractivity contribution is 5.51. The van der Waals surface area contributed by atoms with Gasteiger partial charge in [-0.15, -0.1) is 13.2 Å². The van der Waals surface area contributed by atoms with E-state index < -0.39 is 6.10 Å². The smallest absolute Gasteiger partial charge is 0.202 e. The quantitative estimate of drug-likeness (QED) is 0.0282. The second kappa shape index (κ2) is 36.6. The minimum Gasteiger partial charge on any atom is -0.491 e. The predicted molar refractivity (Wildman–Crippen MR) is 380 cm³/mol. The largest absolute Gasteiger partial charge is 0.491 e. The van der Waals surface area contributed by atoms with Crippen LogP contribution in [-0.2, 0) is 37.9 Å². The summed E-state index contributed by atoms with van der Waals surface area (Å²) in [7, 11) is 0. The number of hydrogen-bond donors (Lipinski definition) is 1. The van der Waals surface area contributed by atoms with Gasteiger partial charge in [0.25, 0.3) is 0 Å². The van der Waals surface area contributed by atoms with Crippen LogP contribution in [-0.4, -0.2) is 154 Å². The number of ether oxygens (including phenoxy) is 16. The molecular weight excluding hydrogens is 1270 g/mol. The van der Waals surface area contributed by atoms with Crippen LogP contribution in [0.25, 0.3) is 0 Å². The lowest BCUT2D eigenvalue weighted by atomic mass is 9.73. The Bertz CT molecular complexity index is 3460. The summed E-state index contributed by atoms with van der Waals surface area (Å²) in [6, 6.07) is 66.1. The molecule has 0 radical (unpaired) electrons. The third kappa shape index (κ3) is 20.7.